The van der Waals surface area contributed by atoms with Gasteiger partial charge in [0.05, 0.1) is 5.60 Å². The molecule has 2 heteroatoms. The molecule has 0 amide bonds. The first-order chi connectivity index (χ1) is 4.64. The lowest BCUT2D eigenvalue weighted by atomic mass is 9.98. The zero-order chi connectivity index (χ0) is 7.61. The average Bonchev–Trinajstić information content (AvgIpc) is 1.86. The smallest absolute Gasteiger partial charge is 0.0637 e. The number of rotatable bonds is 1. The maximum absolute atomic E-state index is 5.58. The maximum atomic E-state index is 5.58. The van der Waals surface area contributed by atoms with Crippen LogP contribution in [0.2, 0.25) is 0 Å². The van der Waals surface area contributed by atoms with E-state index in [1.165, 1.54) is 12.8 Å². The van der Waals surface area contributed by atoms with Crippen molar-refractivity contribution < 1.29 is 4.74 Å². The highest BCUT2D eigenvalue weighted by Crippen LogP contribution is 2.30. The standard InChI is InChI=1S/C8H16OS/c1-8(2)6-7(10-3)4-5-9-8/h7H,4-6H2,1-3H3. The Morgan fingerprint density at radius 3 is 2.60 bits per heavy atom. The van der Waals surface area contributed by atoms with Crippen LogP contribution in [-0.4, -0.2) is 23.7 Å². The fourth-order valence-corrected chi connectivity index (χ4v) is 2.28. The van der Waals surface area contributed by atoms with Gasteiger partial charge < -0.3 is 4.74 Å². The average molecular weight is 160 g/mol. The number of hydrogen-bond acceptors (Lipinski definition) is 2. The van der Waals surface area contributed by atoms with Gasteiger partial charge in [0.1, 0.15) is 0 Å². The van der Waals surface area contributed by atoms with Crippen LogP contribution in [0.25, 0.3) is 0 Å². The molecule has 0 spiro atoms. The van der Waals surface area contributed by atoms with E-state index in [9.17, 15) is 0 Å². The molecule has 1 heterocycles. The zero-order valence-electron chi connectivity index (χ0n) is 7.02. The molecule has 0 aromatic carbocycles. The summed E-state index contributed by atoms with van der Waals surface area (Å²) >= 11 is 1.97. The summed E-state index contributed by atoms with van der Waals surface area (Å²) in [6.07, 6.45) is 4.62. The molecule has 1 rings (SSSR count). The lowest BCUT2D eigenvalue weighted by Crippen LogP contribution is -2.35. The van der Waals surface area contributed by atoms with Crippen LogP contribution in [0.5, 0.6) is 0 Å². The van der Waals surface area contributed by atoms with Gasteiger partial charge in [0, 0.05) is 11.9 Å². The minimum absolute atomic E-state index is 0.131. The molecule has 1 atom stereocenters. The van der Waals surface area contributed by atoms with Gasteiger partial charge in [0.2, 0.25) is 0 Å². The van der Waals surface area contributed by atoms with Crippen LogP contribution >= 0.6 is 11.8 Å². The van der Waals surface area contributed by atoms with E-state index in [0.29, 0.717) is 0 Å². The topological polar surface area (TPSA) is 9.23 Å². The normalized spacial score (nSPS) is 32.1. The molecule has 0 bridgehead atoms. The van der Waals surface area contributed by atoms with E-state index >= 15 is 0 Å². The molecule has 1 nitrogen and oxygen atoms in total. The molecule has 1 unspecified atom stereocenters. The van der Waals surface area contributed by atoms with Crippen molar-refractivity contribution in [3.05, 3.63) is 0 Å². The Bertz CT molecular complexity index is 112. The van der Waals surface area contributed by atoms with E-state index in [4.69, 9.17) is 4.74 Å². The van der Waals surface area contributed by atoms with E-state index < -0.39 is 0 Å². The van der Waals surface area contributed by atoms with Crippen molar-refractivity contribution in [3.63, 3.8) is 0 Å². The van der Waals surface area contributed by atoms with Gasteiger partial charge in [-0.2, -0.15) is 11.8 Å². The quantitative estimate of drug-likeness (QED) is 0.582. The third kappa shape index (κ3) is 2.17. The summed E-state index contributed by atoms with van der Waals surface area (Å²) in [5.41, 5.74) is 0.131. The highest BCUT2D eigenvalue weighted by Gasteiger charge is 2.27. The summed E-state index contributed by atoms with van der Waals surface area (Å²) in [6.45, 7) is 5.29. The second-order valence-corrected chi connectivity index (χ2v) is 4.60. The van der Waals surface area contributed by atoms with Gasteiger partial charge in [-0.15, -0.1) is 0 Å². The summed E-state index contributed by atoms with van der Waals surface area (Å²) in [5.74, 6) is 0. The van der Waals surface area contributed by atoms with Crippen molar-refractivity contribution in [2.24, 2.45) is 0 Å². The molecule has 0 N–H and O–H groups in total. The van der Waals surface area contributed by atoms with E-state index in [0.717, 1.165) is 11.9 Å². The molecule has 1 aliphatic rings. The summed E-state index contributed by atoms with van der Waals surface area (Å²) in [5, 5.41) is 0.823. The van der Waals surface area contributed by atoms with Gasteiger partial charge in [-0.05, 0) is 32.9 Å². The minimum Gasteiger partial charge on any atom is -0.375 e. The molecule has 60 valence electrons. The zero-order valence-corrected chi connectivity index (χ0v) is 7.83. The molecular formula is C8H16OS. The lowest BCUT2D eigenvalue weighted by Gasteiger charge is -2.34. The predicted molar refractivity (Wildman–Crippen MR) is 46.6 cm³/mol. The molecule has 10 heavy (non-hydrogen) atoms. The third-order valence-corrected chi connectivity index (χ3v) is 3.05. The Labute approximate surface area is 67.5 Å². The van der Waals surface area contributed by atoms with Crippen molar-refractivity contribution >= 4 is 11.8 Å². The SMILES string of the molecule is CSC1CCOC(C)(C)C1. The van der Waals surface area contributed by atoms with Gasteiger partial charge >= 0.3 is 0 Å². The Kier molecular flexibility index (Phi) is 2.64. The van der Waals surface area contributed by atoms with Crippen LogP contribution in [0.3, 0.4) is 0 Å². The number of thioether (sulfide) groups is 1. The molecule has 1 aliphatic heterocycles. The predicted octanol–water partition coefficient (Wildman–Crippen LogP) is 2.31. The number of ether oxygens (including phenoxy) is 1. The van der Waals surface area contributed by atoms with Gasteiger partial charge in [-0.1, -0.05) is 0 Å². The van der Waals surface area contributed by atoms with Crippen LogP contribution < -0.4 is 0 Å². The first-order valence-corrected chi connectivity index (χ1v) is 5.09. The van der Waals surface area contributed by atoms with E-state index in [1.807, 2.05) is 11.8 Å². The van der Waals surface area contributed by atoms with Crippen molar-refractivity contribution in [1.82, 2.24) is 0 Å². The molecule has 1 saturated heterocycles. The van der Waals surface area contributed by atoms with Gasteiger partial charge in [-0.25, -0.2) is 0 Å². The van der Waals surface area contributed by atoms with Crippen molar-refractivity contribution in [3.8, 4) is 0 Å². The van der Waals surface area contributed by atoms with Crippen molar-refractivity contribution in [2.45, 2.75) is 37.5 Å². The second-order valence-electron chi connectivity index (χ2n) is 3.46. The largest absolute Gasteiger partial charge is 0.375 e. The van der Waals surface area contributed by atoms with Crippen molar-refractivity contribution in [2.75, 3.05) is 12.9 Å². The second kappa shape index (κ2) is 3.14. The van der Waals surface area contributed by atoms with Gasteiger partial charge in [0.15, 0.2) is 0 Å². The molecule has 0 saturated carbocycles. The van der Waals surface area contributed by atoms with Crippen molar-refractivity contribution in [1.29, 1.82) is 0 Å². The molecule has 0 radical (unpaired) electrons. The summed E-state index contributed by atoms with van der Waals surface area (Å²) < 4.78 is 5.58. The molecule has 0 aliphatic carbocycles. The van der Waals surface area contributed by atoms with Crippen LogP contribution in [0.1, 0.15) is 26.7 Å². The molecule has 1 fully saturated rings. The highest BCUT2D eigenvalue weighted by atomic mass is 32.2. The van der Waals surface area contributed by atoms with Crippen LogP contribution in [-0.2, 0) is 4.74 Å². The van der Waals surface area contributed by atoms with E-state index in [1.54, 1.807) is 0 Å². The maximum Gasteiger partial charge on any atom is 0.0637 e. The van der Waals surface area contributed by atoms with E-state index in [-0.39, 0.29) is 5.60 Å². The monoisotopic (exact) mass is 160 g/mol. The van der Waals surface area contributed by atoms with Crippen LogP contribution in [0, 0.1) is 0 Å². The fraction of sp³-hybridized carbons (Fsp3) is 1.00. The summed E-state index contributed by atoms with van der Waals surface area (Å²) in [6, 6.07) is 0. The number of hydrogen-bond donors (Lipinski definition) is 0. The first kappa shape index (κ1) is 8.41. The Morgan fingerprint density at radius 2 is 2.20 bits per heavy atom. The summed E-state index contributed by atoms with van der Waals surface area (Å²) in [4.78, 5) is 0. The first-order valence-electron chi connectivity index (χ1n) is 3.81. The Balaban J connectivity index is 2.40. The summed E-state index contributed by atoms with van der Waals surface area (Å²) in [7, 11) is 0. The van der Waals surface area contributed by atoms with Gasteiger partial charge in [0.25, 0.3) is 0 Å². The van der Waals surface area contributed by atoms with Crippen LogP contribution in [0.15, 0.2) is 0 Å². The van der Waals surface area contributed by atoms with Gasteiger partial charge in [-0.3, -0.25) is 0 Å². The lowest BCUT2D eigenvalue weighted by molar-refractivity contribution is -0.0485. The highest BCUT2D eigenvalue weighted by molar-refractivity contribution is 7.99. The Hall–Kier alpha value is 0.310. The molecule has 0 aromatic rings. The minimum atomic E-state index is 0.131. The Morgan fingerprint density at radius 1 is 1.50 bits per heavy atom. The molecule has 0 aromatic heterocycles. The van der Waals surface area contributed by atoms with Crippen LogP contribution in [0.4, 0.5) is 0 Å². The fourth-order valence-electron chi connectivity index (χ4n) is 1.38. The molecular weight excluding hydrogens is 144 g/mol. The van der Waals surface area contributed by atoms with E-state index in [2.05, 4.69) is 20.1 Å². The third-order valence-electron chi connectivity index (χ3n) is 1.99.